The van der Waals surface area contributed by atoms with Gasteiger partial charge in [0.25, 0.3) is 0 Å². The molecule has 168 valence electrons. The number of anilines is 1. The first-order chi connectivity index (χ1) is 15.9. The van der Waals surface area contributed by atoms with Gasteiger partial charge in [0.1, 0.15) is 5.76 Å². The minimum Gasteiger partial charge on any atom is -0.507 e. The average Bonchev–Trinajstić information content (AvgIpc) is 2.81. The Balaban J connectivity index is 1.73. The SMILES string of the molecule is Cc1ccc(/C(O)=C/C(=C\C/C=C/C=C/c2ccc(N(C)C)cc2)c2ccc(C)cc2)cc1. The standard InChI is InChI=1S/C31H33NO/c1-24-11-17-27(18-12-24)29(23-31(33)28-19-13-25(2)14-20-28)10-8-6-5-7-9-26-15-21-30(22-16-26)32(3)4/h5-7,9-23,33H,8H2,1-4H3/b6-5+,9-7+,29-10+,31-23-. The van der Waals surface area contributed by atoms with Crippen molar-refractivity contribution in [3.8, 4) is 0 Å². The maximum Gasteiger partial charge on any atom is 0.123 e. The Labute approximate surface area is 198 Å². The maximum absolute atomic E-state index is 10.7. The number of allylic oxidation sites excluding steroid dienone is 6. The minimum absolute atomic E-state index is 0.270. The molecule has 0 spiro atoms. The van der Waals surface area contributed by atoms with Crippen molar-refractivity contribution in [2.45, 2.75) is 20.3 Å². The molecular formula is C31H33NO. The number of aliphatic hydroxyl groups is 1. The van der Waals surface area contributed by atoms with Crippen LogP contribution in [0.15, 0.2) is 103 Å². The van der Waals surface area contributed by atoms with Gasteiger partial charge in [-0.2, -0.15) is 0 Å². The Morgan fingerprint density at radius 2 is 1.33 bits per heavy atom. The maximum atomic E-state index is 10.7. The molecule has 0 aliphatic carbocycles. The van der Waals surface area contributed by atoms with Gasteiger partial charge in [0.15, 0.2) is 0 Å². The van der Waals surface area contributed by atoms with Gasteiger partial charge in [0.2, 0.25) is 0 Å². The van der Waals surface area contributed by atoms with Crippen molar-refractivity contribution >= 4 is 23.1 Å². The Kier molecular flexibility index (Phi) is 8.49. The Morgan fingerprint density at radius 1 is 0.758 bits per heavy atom. The first kappa shape index (κ1) is 23.9. The van der Waals surface area contributed by atoms with Crippen LogP contribution in [0.4, 0.5) is 5.69 Å². The zero-order valence-electron chi connectivity index (χ0n) is 20.0. The normalized spacial score (nSPS) is 12.6. The van der Waals surface area contributed by atoms with E-state index in [0.717, 1.165) is 23.1 Å². The Bertz CT molecular complexity index is 1140. The zero-order valence-corrected chi connectivity index (χ0v) is 20.0. The molecule has 0 aromatic heterocycles. The fourth-order valence-corrected chi connectivity index (χ4v) is 3.36. The van der Waals surface area contributed by atoms with Gasteiger partial charge in [0, 0.05) is 25.3 Å². The van der Waals surface area contributed by atoms with E-state index in [-0.39, 0.29) is 5.76 Å². The quantitative estimate of drug-likeness (QED) is 0.286. The summed E-state index contributed by atoms with van der Waals surface area (Å²) in [5.41, 5.74) is 7.66. The predicted octanol–water partition coefficient (Wildman–Crippen LogP) is 8.01. The second kappa shape index (κ2) is 11.7. The van der Waals surface area contributed by atoms with Crippen LogP contribution in [-0.2, 0) is 0 Å². The third kappa shape index (κ3) is 7.40. The summed E-state index contributed by atoms with van der Waals surface area (Å²) in [7, 11) is 4.09. The van der Waals surface area contributed by atoms with Gasteiger partial charge in [-0.15, -0.1) is 0 Å². The minimum atomic E-state index is 0.270. The number of hydrogen-bond donors (Lipinski definition) is 1. The van der Waals surface area contributed by atoms with Crippen LogP contribution in [0, 0.1) is 13.8 Å². The van der Waals surface area contributed by atoms with Crippen molar-refractivity contribution in [1.82, 2.24) is 0 Å². The van der Waals surface area contributed by atoms with Crippen LogP contribution in [0.5, 0.6) is 0 Å². The van der Waals surface area contributed by atoms with Gasteiger partial charge in [0.05, 0.1) is 0 Å². The number of benzene rings is 3. The first-order valence-corrected chi connectivity index (χ1v) is 11.3. The topological polar surface area (TPSA) is 23.5 Å². The molecule has 1 N–H and O–H groups in total. The van der Waals surface area contributed by atoms with Gasteiger partial charge in [-0.3, -0.25) is 0 Å². The van der Waals surface area contributed by atoms with Gasteiger partial charge in [-0.25, -0.2) is 0 Å². The lowest BCUT2D eigenvalue weighted by atomic mass is 10.0. The number of hydrogen-bond acceptors (Lipinski definition) is 2. The highest BCUT2D eigenvalue weighted by molar-refractivity contribution is 5.81. The summed E-state index contributed by atoms with van der Waals surface area (Å²) in [5, 5.41) is 10.7. The summed E-state index contributed by atoms with van der Waals surface area (Å²) in [6.07, 6.45) is 13.1. The number of aliphatic hydroxyl groups excluding tert-OH is 1. The fourth-order valence-electron chi connectivity index (χ4n) is 3.36. The molecule has 0 aliphatic rings. The van der Waals surface area contributed by atoms with Crippen LogP contribution in [0.1, 0.15) is 34.2 Å². The molecule has 0 bridgehead atoms. The summed E-state index contributed by atoms with van der Waals surface area (Å²) in [6.45, 7) is 4.12. The van der Waals surface area contributed by atoms with Gasteiger partial charge < -0.3 is 10.0 Å². The smallest absolute Gasteiger partial charge is 0.123 e. The lowest BCUT2D eigenvalue weighted by molar-refractivity contribution is 0.512. The molecule has 0 unspecified atom stereocenters. The summed E-state index contributed by atoms with van der Waals surface area (Å²) in [5.74, 6) is 0.270. The van der Waals surface area contributed by atoms with Crippen LogP contribution in [0.3, 0.4) is 0 Å². The van der Waals surface area contributed by atoms with E-state index in [1.807, 2.05) is 51.4 Å². The number of nitrogens with zero attached hydrogens (tertiary/aromatic N) is 1. The molecule has 33 heavy (non-hydrogen) atoms. The molecule has 0 atom stereocenters. The second-order valence-corrected chi connectivity index (χ2v) is 8.43. The van der Waals surface area contributed by atoms with Crippen LogP contribution < -0.4 is 4.90 Å². The van der Waals surface area contributed by atoms with Crippen LogP contribution in [-0.4, -0.2) is 19.2 Å². The van der Waals surface area contributed by atoms with Crippen molar-refractivity contribution in [3.63, 3.8) is 0 Å². The largest absolute Gasteiger partial charge is 0.507 e. The molecule has 0 fully saturated rings. The molecule has 3 aromatic rings. The molecule has 0 saturated heterocycles. The van der Waals surface area contributed by atoms with Crippen LogP contribution in [0.25, 0.3) is 17.4 Å². The molecule has 2 nitrogen and oxygen atoms in total. The molecule has 3 aromatic carbocycles. The van der Waals surface area contributed by atoms with E-state index in [1.165, 1.54) is 22.4 Å². The highest BCUT2D eigenvalue weighted by atomic mass is 16.3. The third-order valence-electron chi connectivity index (χ3n) is 5.44. The van der Waals surface area contributed by atoms with Crippen molar-refractivity contribution in [2.24, 2.45) is 0 Å². The van der Waals surface area contributed by atoms with E-state index in [4.69, 9.17) is 0 Å². The van der Waals surface area contributed by atoms with Gasteiger partial charge in [-0.05, 0) is 55.2 Å². The summed E-state index contributed by atoms with van der Waals surface area (Å²) in [4.78, 5) is 2.09. The van der Waals surface area contributed by atoms with Crippen molar-refractivity contribution in [2.75, 3.05) is 19.0 Å². The summed E-state index contributed by atoms with van der Waals surface area (Å²) >= 11 is 0. The fraction of sp³-hybridized carbons (Fsp3) is 0.161. The van der Waals surface area contributed by atoms with Gasteiger partial charge in [-0.1, -0.05) is 102 Å². The molecule has 0 saturated carbocycles. The molecule has 0 amide bonds. The second-order valence-electron chi connectivity index (χ2n) is 8.43. The molecule has 2 heteroatoms. The predicted molar refractivity (Wildman–Crippen MR) is 145 cm³/mol. The highest BCUT2D eigenvalue weighted by Crippen LogP contribution is 2.23. The van der Waals surface area contributed by atoms with E-state index >= 15 is 0 Å². The van der Waals surface area contributed by atoms with Crippen LogP contribution in [0.2, 0.25) is 0 Å². The number of rotatable bonds is 8. The molecule has 0 aliphatic heterocycles. The third-order valence-corrected chi connectivity index (χ3v) is 5.44. The molecule has 0 radical (unpaired) electrons. The van der Waals surface area contributed by atoms with E-state index in [2.05, 4.69) is 90.7 Å². The van der Waals surface area contributed by atoms with Gasteiger partial charge >= 0.3 is 0 Å². The van der Waals surface area contributed by atoms with Crippen molar-refractivity contribution < 1.29 is 5.11 Å². The highest BCUT2D eigenvalue weighted by Gasteiger charge is 2.03. The number of aryl methyl sites for hydroxylation is 2. The lowest BCUT2D eigenvalue weighted by Gasteiger charge is -2.11. The Hall–Kier alpha value is -3.78. The van der Waals surface area contributed by atoms with Crippen molar-refractivity contribution in [3.05, 3.63) is 131 Å². The monoisotopic (exact) mass is 435 g/mol. The lowest BCUT2D eigenvalue weighted by Crippen LogP contribution is -2.07. The molecular weight excluding hydrogens is 402 g/mol. The van der Waals surface area contributed by atoms with E-state index < -0.39 is 0 Å². The molecule has 0 heterocycles. The van der Waals surface area contributed by atoms with E-state index in [0.29, 0.717) is 0 Å². The first-order valence-electron chi connectivity index (χ1n) is 11.3. The summed E-state index contributed by atoms with van der Waals surface area (Å²) < 4.78 is 0. The molecule has 3 rings (SSSR count). The van der Waals surface area contributed by atoms with Crippen LogP contribution >= 0.6 is 0 Å². The van der Waals surface area contributed by atoms with E-state index in [9.17, 15) is 5.11 Å². The average molecular weight is 436 g/mol. The summed E-state index contributed by atoms with van der Waals surface area (Å²) in [6, 6.07) is 24.8. The van der Waals surface area contributed by atoms with E-state index in [1.54, 1.807) is 0 Å². The zero-order chi connectivity index (χ0) is 23.6. The Morgan fingerprint density at radius 3 is 1.91 bits per heavy atom. The van der Waals surface area contributed by atoms with Crippen molar-refractivity contribution in [1.29, 1.82) is 0 Å².